The summed E-state index contributed by atoms with van der Waals surface area (Å²) in [5.74, 6) is -0.471. The molecular formula is C20H27N3O2. The highest BCUT2D eigenvalue weighted by Gasteiger charge is 2.29. The zero-order chi connectivity index (χ0) is 18.0. The van der Waals surface area contributed by atoms with Crippen LogP contribution in [-0.2, 0) is 25.9 Å². The minimum absolute atomic E-state index is 0.234. The number of fused-ring (bicyclic) bond motifs is 1. The molecule has 1 aliphatic rings. The Morgan fingerprint density at radius 3 is 2.72 bits per heavy atom. The second-order valence-corrected chi connectivity index (χ2v) is 7.46. The first-order chi connectivity index (χ1) is 11.9. The lowest BCUT2D eigenvalue weighted by Crippen LogP contribution is -2.34. The van der Waals surface area contributed by atoms with E-state index in [1.54, 1.807) is 0 Å². The first-order valence-corrected chi connectivity index (χ1v) is 9.04. The van der Waals surface area contributed by atoms with Gasteiger partial charge in [-0.05, 0) is 37.7 Å². The molecule has 3 rings (SSSR count). The number of carboxylic acid groups (broad SMARTS) is 1. The van der Waals surface area contributed by atoms with Crippen LogP contribution in [0.25, 0.3) is 0 Å². The summed E-state index contributed by atoms with van der Waals surface area (Å²) in [6, 6.07) is 8.81. The molecule has 2 N–H and O–H groups in total. The number of aromatic nitrogens is 2. The number of carboxylic acids is 1. The minimum Gasteiger partial charge on any atom is -0.476 e. The van der Waals surface area contributed by atoms with E-state index in [9.17, 15) is 9.90 Å². The van der Waals surface area contributed by atoms with E-state index in [4.69, 9.17) is 0 Å². The number of hydrogen-bond acceptors (Lipinski definition) is 3. The van der Waals surface area contributed by atoms with Crippen LogP contribution in [0.15, 0.2) is 24.3 Å². The van der Waals surface area contributed by atoms with Gasteiger partial charge in [-0.25, -0.2) is 4.79 Å². The summed E-state index contributed by atoms with van der Waals surface area (Å²) in [7, 11) is 0. The number of aromatic carboxylic acids is 1. The number of nitrogens with zero attached hydrogens (tertiary/aromatic N) is 2. The molecule has 1 aliphatic carbocycles. The number of hydrogen-bond donors (Lipinski definition) is 2. The van der Waals surface area contributed by atoms with Crippen LogP contribution in [0.2, 0.25) is 0 Å². The second-order valence-electron chi connectivity index (χ2n) is 7.46. The van der Waals surface area contributed by atoms with Gasteiger partial charge in [0.25, 0.3) is 0 Å². The summed E-state index contributed by atoms with van der Waals surface area (Å²) in [4.78, 5) is 11.6. The van der Waals surface area contributed by atoms with Gasteiger partial charge < -0.3 is 10.4 Å². The van der Waals surface area contributed by atoms with E-state index >= 15 is 0 Å². The molecule has 0 spiro atoms. The molecule has 25 heavy (non-hydrogen) atoms. The molecule has 0 saturated carbocycles. The third-order valence-corrected chi connectivity index (χ3v) is 4.80. The molecule has 0 aliphatic heterocycles. The molecule has 0 amide bonds. The van der Waals surface area contributed by atoms with Crippen molar-refractivity contribution in [1.29, 1.82) is 0 Å². The van der Waals surface area contributed by atoms with Crippen molar-refractivity contribution in [3.8, 4) is 0 Å². The molecule has 1 atom stereocenters. The Balaban J connectivity index is 1.72. The second kappa shape index (κ2) is 7.40. The van der Waals surface area contributed by atoms with Crippen LogP contribution in [0.4, 0.5) is 0 Å². The summed E-state index contributed by atoms with van der Waals surface area (Å²) < 4.78 is 1.92. The predicted octanol–water partition coefficient (Wildman–Crippen LogP) is 3.19. The van der Waals surface area contributed by atoms with Crippen LogP contribution in [-0.4, -0.2) is 26.9 Å². The fourth-order valence-corrected chi connectivity index (χ4v) is 3.50. The third-order valence-electron chi connectivity index (χ3n) is 4.80. The monoisotopic (exact) mass is 341 g/mol. The van der Waals surface area contributed by atoms with Crippen molar-refractivity contribution in [3.63, 3.8) is 0 Å². The topological polar surface area (TPSA) is 67.2 Å². The zero-order valence-electron chi connectivity index (χ0n) is 15.2. The lowest BCUT2D eigenvalue weighted by molar-refractivity contribution is 0.0688. The van der Waals surface area contributed by atoms with Gasteiger partial charge in [0, 0.05) is 30.4 Å². The van der Waals surface area contributed by atoms with Crippen molar-refractivity contribution >= 4 is 5.97 Å². The Morgan fingerprint density at radius 1 is 1.36 bits per heavy atom. The number of nitrogens with one attached hydrogen (secondary N) is 1. The lowest BCUT2D eigenvalue weighted by atomic mass is 9.91. The van der Waals surface area contributed by atoms with Gasteiger partial charge in [0.15, 0.2) is 5.69 Å². The number of aryl methyl sites for hydroxylation is 1. The maximum absolute atomic E-state index is 11.6. The Hall–Kier alpha value is -2.14. The fourth-order valence-electron chi connectivity index (χ4n) is 3.50. The van der Waals surface area contributed by atoms with Crippen molar-refractivity contribution in [2.75, 3.05) is 0 Å². The van der Waals surface area contributed by atoms with Gasteiger partial charge in [-0.3, -0.25) is 4.68 Å². The lowest BCUT2D eigenvalue weighted by Gasteiger charge is -2.25. The van der Waals surface area contributed by atoms with Gasteiger partial charge >= 0.3 is 5.97 Å². The molecule has 0 fully saturated rings. The molecule has 1 aromatic heterocycles. The Labute approximate surface area is 149 Å². The predicted molar refractivity (Wildman–Crippen MR) is 97.9 cm³/mol. The van der Waals surface area contributed by atoms with E-state index in [0.29, 0.717) is 12.0 Å². The maximum Gasteiger partial charge on any atom is 0.356 e. The van der Waals surface area contributed by atoms with Crippen LogP contribution in [0.1, 0.15) is 53.1 Å². The average Bonchev–Trinajstić information content (AvgIpc) is 2.92. The van der Waals surface area contributed by atoms with Crippen LogP contribution < -0.4 is 5.32 Å². The van der Waals surface area contributed by atoms with Gasteiger partial charge in [0.2, 0.25) is 0 Å². The Bertz CT molecular complexity index is 747. The molecule has 1 aromatic carbocycles. The van der Waals surface area contributed by atoms with E-state index in [2.05, 4.69) is 55.5 Å². The van der Waals surface area contributed by atoms with Crippen molar-refractivity contribution in [2.24, 2.45) is 5.92 Å². The molecular weight excluding hydrogens is 314 g/mol. The van der Waals surface area contributed by atoms with Gasteiger partial charge in [-0.15, -0.1) is 0 Å². The van der Waals surface area contributed by atoms with Crippen LogP contribution >= 0.6 is 0 Å². The maximum atomic E-state index is 11.6. The summed E-state index contributed by atoms with van der Waals surface area (Å²) in [6.07, 6.45) is 2.64. The zero-order valence-corrected chi connectivity index (χ0v) is 15.2. The highest BCUT2D eigenvalue weighted by Crippen LogP contribution is 2.26. The van der Waals surface area contributed by atoms with Crippen LogP contribution in [0.5, 0.6) is 0 Å². The van der Waals surface area contributed by atoms with Gasteiger partial charge in [0.05, 0.1) is 0 Å². The van der Waals surface area contributed by atoms with Gasteiger partial charge in [-0.1, -0.05) is 43.7 Å². The van der Waals surface area contributed by atoms with Crippen molar-refractivity contribution in [2.45, 2.75) is 59.2 Å². The van der Waals surface area contributed by atoms with Crippen LogP contribution in [0.3, 0.4) is 0 Å². The SMILES string of the molecule is Cc1ccc(CN[C@@H]2CCc3c(c(C(=O)O)nn3CC(C)C)C2)cc1. The summed E-state index contributed by atoms with van der Waals surface area (Å²) >= 11 is 0. The van der Waals surface area contributed by atoms with E-state index in [-0.39, 0.29) is 5.69 Å². The Kier molecular flexibility index (Phi) is 5.23. The molecule has 0 unspecified atom stereocenters. The van der Waals surface area contributed by atoms with Crippen molar-refractivity contribution in [3.05, 3.63) is 52.3 Å². The normalized spacial score (nSPS) is 16.9. The number of carbonyl (C=O) groups is 1. The first-order valence-electron chi connectivity index (χ1n) is 9.04. The van der Waals surface area contributed by atoms with E-state index < -0.39 is 5.97 Å². The molecule has 0 radical (unpaired) electrons. The molecule has 5 nitrogen and oxygen atoms in total. The smallest absolute Gasteiger partial charge is 0.356 e. The summed E-state index contributed by atoms with van der Waals surface area (Å²) in [6.45, 7) is 7.93. The summed E-state index contributed by atoms with van der Waals surface area (Å²) in [5, 5.41) is 17.5. The minimum atomic E-state index is -0.919. The summed E-state index contributed by atoms with van der Waals surface area (Å²) in [5.41, 5.74) is 4.78. The molecule has 2 aromatic rings. The standard InChI is InChI=1S/C20H27N3O2/c1-13(2)12-23-18-9-8-16(10-17(18)19(22-23)20(24)25)21-11-15-6-4-14(3)5-7-15/h4-7,13,16,21H,8-12H2,1-3H3,(H,24,25)/t16-/m1/s1. The largest absolute Gasteiger partial charge is 0.476 e. The fraction of sp³-hybridized carbons (Fsp3) is 0.500. The van der Waals surface area contributed by atoms with E-state index in [1.165, 1.54) is 11.1 Å². The van der Waals surface area contributed by atoms with Crippen molar-refractivity contribution in [1.82, 2.24) is 15.1 Å². The molecule has 0 bridgehead atoms. The van der Waals surface area contributed by atoms with Gasteiger partial charge in [0.1, 0.15) is 0 Å². The number of benzene rings is 1. The van der Waals surface area contributed by atoms with Gasteiger partial charge in [-0.2, -0.15) is 5.10 Å². The third kappa shape index (κ3) is 4.10. The quantitative estimate of drug-likeness (QED) is 0.847. The Morgan fingerprint density at radius 2 is 2.08 bits per heavy atom. The highest BCUT2D eigenvalue weighted by atomic mass is 16.4. The van der Waals surface area contributed by atoms with E-state index in [1.807, 2.05) is 4.68 Å². The van der Waals surface area contributed by atoms with Crippen LogP contribution in [0, 0.1) is 12.8 Å². The first kappa shape index (κ1) is 17.7. The molecule has 0 saturated heterocycles. The molecule has 134 valence electrons. The van der Waals surface area contributed by atoms with Crippen molar-refractivity contribution < 1.29 is 9.90 Å². The number of rotatable bonds is 6. The van der Waals surface area contributed by atoms with E-state index in [0.717, 1.165) is 43.6 Å². The molecule has 1 heterocycles. The highest BCUT2D eigenvalue weighted by molar-refractivity contribution is 5.87. The average molecular weight is 341 g/mol. The molecule has 5 heteroatoms.